The molecule has 0 radical (unpaired) electrons. The average Bonchev–Trinajstić information content (AvgIpc) is 2.65. The maximum atomic E-state index is 12.2. The molecule has 2 amide bonds. The minimum atomic E-state index is -0.287. The molecule has 0 spiro atoms. The topological polar surface area (TPSA) is 37.4 Å². The van der Waals surface area contributed by atoms with E-state index >= 15 is 0 Å². The summed E-state index contributed by atoms with van der Waals surface area (Å²) in [5, 5.41) is 0.276. The summed E-state index contributed by atoms with van der Waals surface area (Å²) in [5.74, 6) is -0.0570. The Bertz CT molecular complexity index is 475. The highest BCUT2D eigenvalue weighted by Crippen LogP contribution is 2.30. The second-order valence-corrected chi connectivity index (χ2v) is 6.14. The largest absolute Gasteiger partial charge is 0.289 e. The smallest absolute Gasteiger partial charge is 0.273 e. The predicted octanol–water partition coefficient (Wildman–Crippen LogP) is 3.75. The Morgan fingerprint density at radius 2 is 1.95 bits per heavy atom. The van der Waals surface area contributed by atoms with Gasteiger partial charge < -0.3 is 0 Å². The fourth-order valence-corrected chi connectivity index (χ4v) is 3.16. The molecule has 0 saturated carbocycles. The Kier molecular flexibility index (Phi) is 4.88. The summed E-state index contributed by atoms with van der Waals surface area (Å²) >= 11 is 6.96. The van der Waals surface area contributed by atoms with Crippen LogP contribution in [0.4, 0.5) is 4.79 Å². The van der Waals surface area contributed by atoms with Crippen molar-refractivity contribution in [2.24, 2.45) is 0 Å². The lowest BCUT2D eigenvalue weighted by molar-refractivity contribution is -0.126. The summed E-state index contributed by atoms with van der Waals surface area (Å²) in [6.07, 6.45) is 2.42. The zero-order valence-electron chi connectivity index (χ0n) is 10.8. The molecule has 1 fully saturated rings. The number of imide groups is 1. The molecule has 1 aromatic rings. The van der Waals surface area contributed by atoms with Gasteiger partial charge in [-0.3, -0.25) is 14.5 Å². The number of carbonyl (C=O) groups excluding carboxylic acids is 2. The van der Waals surface area contributed by atoms with Gasteiger partial charge in [0, 0.05) is 11.6 Å². The molecule has 2 rings (SSSR count). The fourth-order valence-electron chi connectivity index (χ4n) is 1.98. The highest BCUT2D eigenvalue weighted by atomic mass is 35.5. The van der Waals surface area contributed by atoms with Crippen LogP contribution in [0, 0.1) is 0 Å². The Morgan fingerprint density at radius 1 is 1.26 bits per heavy atom. The average molecular weight is 298 g/mol. The highest BCUT2D eigenvalue weighted by molar-refractivity contribution is 8.15. The van der Waals surface area contributed by atoms with E-state index in [0.717, 1.165) is 30.2 Å². The lowest BCUT2D eigenvalue weighted by atomic mass is 10.1. The maximum Gasteiger partial charge on any atom is 0.289 e. The molecule has 0 aliphatic carbocycles. The minimum absolute atomic E-state index is 0.0570. The van der Waals surface area contributed by atoms with Gasteiger partial charge in [0.1, 0.15) is 0 Å². The number of amides is 2. The van der Waals surface area contributed by atoms with Gasteiger partial charge >= 0.3 is 0 Å². The molecule has 19 heavy (non-hydrogen) atoms. The first-order valence-electron chi connectivity index (χ1n) is 6.38. The van der Waals surface area contributed by atoms with Gasteiger partial charge in [0.25, 0.3) is 5.24 Å². The molecule has 0 unspecified atom stereocenters. The number of benzene rings is 1. The van der Waals surface area contributed by atoms with Crippen LogP contribution in [0.25, 0.3) is 0 Å². The summed E-state index contributed by atoms with van der Waals surface area (Å²) in [5.41, 5.74) is 1.03. The van der Waals surface area contributed by atoms with Gasteiger partial charge in [-0.25, -0.2) is 0 Å². The summed E-state index contributed by atoms with van der Waals surface area (Å²) < 4.78 is 0. The van der Waals surface area contributed by atoms with Gasteiger partial charge in [-0.05, 0) is 30.5 Å². The molecule has 0 aromatic heterocycles. The number of hydrogen-bond donors (Lipinski definition) is 0. The first-order chi connectivity index (χ1) is 9.11. The number of carbonyl (C=O) groups is 2. The molecular weight excluding hydrogens is 282 g/mol. The lowest BCUT2D eigenvalue weighted by Gasteiger charge is -2.13. The van der Waals surface area contributed by atoms with Crippen LogP contribution in [0.3, 0.4) is 0 Å². The maximum absolute atomic E-state index is 12.2. The van der Waals surface area contributed by atoms with E-state index in [1.54, 1.807) is 12.1 Å². The zero-order chi connectivity index (χ0) is 13.8. The van der Waals surface area contributed by atoms with Gasteiger partial charge in [0.2, 0.25) is 5.91 Å². The Hall–Kier alpha value is -1.00. The van der Waals surface area contributed by atoms with Crippen LogP contribution in [0.1, 0.15) is 25.3 Å². The van der Waals surface area contributed by atoms with E-state index in [9.17, 15) is 9.59 Å². The summed E-state index contributed by atoms with van der Waals surface area (Å²) in [7, 11) is 0. The second-order valence-electron chi connectivity index (χ2n) is 4.55. The molecule has 5 heteroatoms. The van der Waals surface area contributed by atoms with E-state index in [1.165, 1.54) is 4.90 Å². The SMILES string of the molecule is CCCCN1C(=O)S[C@@H](Cc2ccc(Cl)cc2)C1=O. The van der Waals surface area contributed by atoms with Crippen molar-refractivity contribution < 1.29 is 9.59 Å². The third-order valence-corrected chi connectivity index (χ3v) is 4.40. The van der Waals surface area contributed by atoms with Crippen molar-refractivity contribution in [3.8, 4) is 0 Å². The molecule has 3 nitrogen and oxygen atoms in total. The number of hydrogen-bond acceptors (Lipinski definition) is 3. The fraction of sp³-hybridized carbons (Fsp3) is 0.429. The normalized spacial score (nSPS) is 19.3. The van der Waals surface area contributed by atoms with E-state index in [-0.39, 0.29) is 16.4 Å². The Morgan fingerprint density at radius 3 is 2.58 bits per heavy atom. The van der Waals surface area contributed by atoms with Crippen molar-refractivity contribution in [2.75, 3.05) is 6.54 Å². The van der Waals surface area contributed by atoms with E-state index in [2.05, 4.69) is 0 Å². The van der Waals surface area contributed by atoms with Crippen LogP contribution in [0.15, 0.2) is 24.3 Å². The lowest BCUT2D eigenvalue weighted by Crippen LogP contribution is -2.33. The van der Waals surface area contributed by atoms with Crippen LogP contribution >= 0.6 is 23.4 Å². The molecular formula is C14H16ClNO2S. The molecule has 1 heterocycles. The molecule has 1 aromatic carbocycles. The van der Waals surface area contributed by atoms with Crippen LogP contribution in [0.2, 0.25) is 5.02 Å². The predicted molar refractivity (Wildman–Crippen MR) is 78.6 cm³/mol. The number of rotatable bonds is 5. The van der Waals surface area contributed by atoms with E-state index in [1.807, 2.05) is 19.1 Å². The van der Waals surface area contributed by atoms with Crippen LogP contribution in [0.5, 0.6) is 0 Å². The zero-order valence-corrected chi connectivity index (χ0v) is 12.3. The quantitative estimate of drug-likeness (QED) is 0.831. The van der Waals surface area contributed by atoms with Crippen LogP contribution in [-0.4, -0.2) is 27.8 Å². The first kappa shape index (κ1) is 14.4. The second kappa shape index (κ2) is 6.44. The van der Waals surface area contributed by atoms with Gasteiger partial charge in [-0.1, -0.05) is 48.8 Å². The monoisotopic (exact) mass is 297 g/mol. The van der Waals surface area contributed by atoms with Crippen molar-refractivity contribution in [3.63, 3.8) is 0 Å². The molecule has 1 aliphatic heterocycles. The number of halogens is 1. The van der Waals surface area contributed by atoms with Crippen molar-refractivity contribution >= 4 is 34.5 Å². The van der Waals surface area contributed by atoms with Crippen LogP contribution in [-0.2, 0) is 11.2 Å². The minimum Gasteiger partial charge on any atom is -0.273 e. The third kappa shape index (κ3) is 3.51. The molecule has 0 N–H and O–H groups in total. The van der Waals surface area contributed by atoms with Gasteiger partial charge in [0.15, 0.2) is 0 Å². The number of nitrogens with zero attached hydrogens (tertiary/aromatic N) is 1. The van der Waals surface area contributed by atoms with E-state index in [0.29, 0.717) is 18.0 Å². The Labute approximate surface area is 122 Å². The van der Waals surface area contributed by atoms with Crippen molar-refractivity contribution in [1.29, 1.82) is 0 Å². The molecule has 1 saturated heterocycles. The van der Waals surface area contributed by atoms with Gasteiger partial charge in [0.05, 0.1) is 5.25 Å². The third-order valence-electron chi connectivity index (χ3n) is 3.07. The van der Waals surface area contributed by atoms with Crippen molar-refractivity contribution in [1.82, 2.24) is 4.90 Å². The van der Waals surface area contributed by atoms with E-state index < -0.39 is 0 Å². The van der Waals surface area contributed by atoms with Crippen LogP contribution < -0.4 is 0 Å². The van der Waals surface area contributed by atoms with E-state index in [4.69, 9.17) is 11.6 Å². The summed E-state index contributed by atoms with van der Waals surface area (Å²) in [6.45, 7) is 2.58. The molecule has 0 bridgehead atoms. The summed E-state index contributed by atoms with van der Waals surface area (Å²) in [4.78, 5) is 25.3. The van der Waals surface area contributed by atoms with Crippen molar-refractivity contribution in [3.05, 3.63) is 34.9 Å². The first-order valence-corrected chi connectivity index (χ1v) is 7.64. The number of unbranched alkanes of at least 4 members (excludes halogenated alkanes) is 1. The van der Waals surface area contributed by atoms with Crippen molar-refractivity contribution in [2.45, 2.75) is 31.4 Å². The molecule has 102 valence electrons. The summed E-state index contributed by atoms with van der Waals surface area (Å²) in [6, 6.07) is 7.40. The number of thioether (sulfide) groups is 1. The Balaban J connectivity index is 2.00. The van der Waals surface area contributed by atoms with Gasteiger partial charge in [-0.2, -0.15) is 0 Å². The molecule has 1 aliphatic rings. The highest BCUT2D eigenvalue weighted by Gasteiger charge is 2.38. The van der Waals surface area contributed by atoms with Gasteiger partial charge in [-0.15, -0.1) is 0 Å². The molecule has 1 atom stereocenters. The standard InChI is InChI=1S/C14H16ClNO2S/c1-2-3-8-16-13(17)12(19-14(16)18)9-10-4-6-11(15)7-5-10/h4-7,12H,2-3,8-9H2,1H3/t12-/m0/s1.